The third kappa shape index (κ3) is 5.90. The van der Waals surface area contributed by atoms with Crippen molar-refractivity contribution in [2.75, 3.05) is 6.54 Å². The Kier molecular flexibility index (Phi) is 6.27. The van der Waals surface area contributed by atoms with E-state index in [0.29, 0.717) is 12.5 Å². The van der Waals surface area contributed by atoms with Crippen LogP contribution in [0.15, 0.2) is 53.0 Å². The molecule has 0 spiro atoms. The van der Waals surface area contributed by atoms with Crippen LogP contribution >= 0.6 is 15.9 Å². The van der Waals surface area contributed by atoms with E-state index in [1.54, 1.807) is 0 Å². The Labute approximate surface area is 135 Å². The maximum Gasteiger partial charge on any atom is 0.121 e. The van der Waals surface area contributed by atoms with Crippen molar-refractivity contribution in [3.63, 3.8) is 0 Å². The van der Waals surface area contributed by atoms with Crippen molar-refractivity contribution in [1.29, 1.82) is 0 Å². The molecule has 1 N–H and O–H groups in total. The summed E-state index contributed by atoms with van der Waals surface area (Å²) in [5, 5.41) is 3.45. The van der Waals surface area contributed by atoms with Gasteiger partial charge in [0, 0.05) is 11.0 Å². The average Bonchev–Trinajstić information content (AvgIpc) is 2.45. The predicted octanol–water partition coefficient (Wildman–Crippen LogP) is 4.77. The maximum absolute atomic E-state index is 5.88. The molecule has 112 valence electrons. The van der Waals surface area contributed by atoms with Crippen LogP contribution in [0.1, 0.15) is 25.0 Å². The molecular formula is C18H22BrNO. The highest BCUT2D eigenvalue weighted by Crippen LogP contribution is 2.22. The van der Waals surface area contributed by atoms with Gasteiger partial charge in [-0.1, -0.05) is 60.1 Å². The highest BCUT2D eigenvalue weighted by molar-refractivity contribution is 9.10. The summed E-state index contributed by atoms with van der Waals surface area (Å²) >= 11 is 3.55. The highest BCUT2D eigenvalue weighted by Gasteiger charge is 2.02. The zero-order valence-electron chi connectivity index (χ0n) is 12.6. The first-order chi connectivity index (χ1) is 10.1. The fourth-order valence-electron chi connectivity index (χ4n) is 2.05. The molecule has 0 unspecified atom stereocenters. The molecule has 21 heavy (non-hydrogen) atoms. The van der Waals surface area contributed by atoms with E-state index in [1.165, 1.54) is 11.1 Å². The minimum absolute atomic E-state index is 0.593. The Morgan fingerprint density at radius 3 is 2.52 bits per heavy atom. The number of benzene rings is 2. The van der Waals surface area contributed by atoms with E-state index < -0.39 is 0 Å². The number of nitrogens with one attached hydrogen (secondary N) is 1. The number of hydrogen-bond acceptors (Lipinski definition) is 2. The second-order valence-electron chi connectivity index (χ2n) is 5.59. The average molecular weight is 348 g/mol. The van der Waals surface area contributed by atoms with Crippen LogP contribution in [0.4, 0.5) is 0 Å². The molecule has 0 saturated carbocycles. The van der Waals surface area contributed by atoms with E-state index in [-0.39, 0.29) is 0 Å². The zero-order chi connectivity index (χ0) is 15.1. The standard InChI is InChI=1S/C18H22BrNO/c1-14(2)11-20-12-16-8-17(19)10-18(9-16)21-13-15-6-4-3-5-7-15/h3-10,14,20H,11-13H2,1-2H3. The smallest absolute Gasteiger partial charge is 0.121 e. The molecule has 3 heteroatoms. The Hall–Kier alpha value is -1.32. The van der Waals surface area contributed by atoms with Gasteiger partial charge in [-0.05, 0) is 41.8 Å². The summed E-state index contributed by atoms with van der Waals surface area (Å²) in [5.74, 6) is 1.56. The van der Waals surface area contributed by atoms with Gasteiger partial charge >= 0.3 is 0 Å². The number of rotatable bonds is 7. The Morgan fingerprint density at radius 2 is 1.81 bits per heavy atom. The lowest BCUT2D eigenvalue weighted by Crippen LogP contribution is -2.18. The van der Waals surface area contributed by atoms with Gasteiger partial charge in [-0.25, -0.2) is 0 Å². The third-order valence-corrected chi connectivity index (χ3v) is 3.52. The fraction of sp³-hybridized carbons (Fsp3) is 0.333. The molecule has 2 aromatic carbocycles. The normalized spacial score (nSPS) is 10.9. The molecular weight excluding hydrogens is 326 g/mol. The SMILES string of the molecule is CC(C)CNCc1cc(Br)cc(OCc2ccccc2)c1. The Balaban J connectivity index is 1.94. The first-order valence-electron chi connectivity index (χ1n) is 7.30. The largest absolute Gasteiger partial charge is 0.489 e. The Bertz CT molecular complexity index is 554. The molecule has 0 bridgehead atoms. The van der Waals surface area contributed by atoms with Crippen molar-refractivity contribution in [2.45, 2.75) is 27.0 Å². The lowest BCUT2D eigenvalue weighted by molar-refractivity contribution is 0.305. The number of hydrogen-bond donors (Lipinski definition) is 1. The first-order valence-corrected chi connectivity index (χ1v) is 8.09. The van der Waals surface area contributed by atoms with Gasteiger partial charge in [-0.3, -0.25) is 0 Å². The van der Waals surface area contributed by atoms with Gasteiger partial charge in [-0.15, -0.1) is 0 Å². The summed E-state index contributed by atoms with van der Waals surface area (Å²) in [7, 11) is 0. The summed E-state index contributed by atoms with van der Waals surface area (Å²) in [5.41, 5.74) is 2.41. The van der Waals surface area contributed by atoms with Crippen LogP contribution in [0.3, 0.4) is 0 Å². The van der Waals surface area contributed by atoms with Crippen molar-refractivity contribution < 1.29 is 4.74 Å². The van der Waals surface area contributed by atoms with Crippen LogP contribution < -0.4 is 10.1 Å². The fourth-order valence-corrected chi connectivity index (χ4v) is 2.57. The lowest BCUT2D eigenvalue weighted by atomic mass is 10.2. The van der Waals surface area contributed by atoms with Crippen molar-refractivity contribution >= 4 is 15.9 Å². The number of halogens is 1. The minimum Gasteiger partial charge on any atom is -0.489 e. The van der Waals surface area contributed by atoms with Crippen LogP contribution in [0.2, 0.25) is 0 Å². The quantitative estimate of drug-likeness (QED) is 0.778. The molecule has 0 aliphatic rings. The second kappa shape index (κ2) is 8.20. The molecule has 0 radical (unpaired) electrons. The first kappa shape index (κ1) is 16.1. The summed E-state index contributed by atoms with van der Waals surface area (Å²) in [6.07, 6.45) is 0. The van der Waals surface area contributed by atoms with Crippen LogP contribution in [-0.2, 0) is 13.2 Å². The predicted molar refractivity (Wildman–Crippen MR) is 91.5 cm³/mol. The molecule has 0 atom stereocenters. The van der Waals surface area contributed by atoms with Gasteiger partial charge in [0.15, 0.2) is 0 Å². The van der Waals surface area contributed by atoms with E-state index in [1.807, 2.05) is 24.3 Å². The molecule has 0 aliphatic heterocycles. The molecule has 0 fully saturated rings. The zero-order valence-corrected chi connectivity index (χ0v) is 14.2. The van der Waals surface area contributed by atoms with Crippen LogP contribution in [0, 0.1) is 5.92 Å². The summed E-state index contributed by atoms with van der Waals surface area (Å²) in [6, 6.07) is 16.5. The third-order valence-electron chi connectivity index (χ3n) is 3.06. The molecule has 0 heterocycles. The molecule has 2 rings (SSSR count). The van der Waals surface area contributed by atoms with E-state index in [2.05, 4.69) is 59.4 Å². The van der Waals surface area contributed by atoms with Gasteiger partial charge in [0.2, 0.25) is 0 Å². The molecule has 2 aromatic rings. The molecule has 0 aliphatic carbocycles. The van der Waals surface area contributed by atoms with Crippen molar-refractivity contribution in [2.24, 2.45) is 5.92 Å². The monoisotopic (exact) mass is 347 g/mol. The van der Waals surface area contributed by atoms with E-state index in [0.717, 1.165) is 23.3 Å². The molecule has 2 nitrogen and oxygen atoms in total. The topological polar surface area (TPSA) is 21.3 Å². The summed E-state index contributed by atoms with van der Waals surface area (Å²) < 4.78 is 6.93. The van der Waals surface area contributed by atoms with Crippen LogP contribution in [-0.4, -0.2) is 6.54 Å². The van der Waals surface area contributed by atoms with Crippen LogP contribution in [0.5, 0.6) is 5.75 Å². The highest BCUT2D eigenvalue weighted by atomic mass is 79.9. The lowest BCUT2D eigenvalue weighted by Gasteiger charge is -2.11. The van der Waals surface area contributed by atoms with Crippen molar-refractivity contribution in [3.8, 4) is 5.75 Å². The molecule has 0 saturated heterocycles. The van der Waals surface area contributed by atoms with Crippen LogP contribution in [0.25, 0.3) is 0 Å². The van der Waals surface area contributed by atoms with Gasteiger partial charge in [0.25, 0.3) is 0 Å². The van der Waals surface area contributed by atoms with Crippen molar-refractivity contribution in [3.05, 3.63) is 64.1 Å². The molecule has 0 aromatic heterocycles. The van der Waals surface area contributed by atoms with Gasteiger partial charge in [-0.2, -0.15) is 0 Å². The van der Waals surface area contributed by atoms with E-state index in [9.17, 15) is 0 Å². The minimum atomic E-state index is 0.593. The number of ether oxygens (including phenoxy) is 1. The molecule has 0 amide bonds. The maximum atomic E-state index is 5.88. The van der Waals surface area contributed by atoms with Gasteiger partial charge in [0.1, 0.15) is 12.4 Å². The summed E-state index contributed by atoms with van der Waals surface area (Å²) in [6.45, 7) is 6.90. The van der Waals surface area contributed by atoms with Crippen molar-refractivity contribution in [1.82, 2.24) is 5.32 Å². The summed E-state index contributed by atoms with van der Waals surface area (Å²) in [4.78, 5) is 0. The second-order valence-corrected chi connectivity index (χ2v) is 6.51. The van der Waals surface area contributed by atoms with Gasteiger partial charge in [0.05, 0.1) is 0 Å². The van der Waals surface area contributed by atoms with E-state index >= 15 is 0 Å². The van der Waals surface area contributed by atoms with E-state index in [4.69, 9.17) is 4.74 Å². The van der Waals surface area contributed by atoms with Gasteiger partial charge < -0.3 is 10.1 Å². The Morgan fingerprint density at radius 1 is 1.05 bits per heavy atom.